The highest BCUT2D eigenvalue weighted by molar-refractivity contribution is 6.30. The molecule has 0 aliphatic rings. The first-order valence-corrected chi connectivity index (χ1v) is 9.61. The molecule has 0 spiro atoms. The van der Waals surface area contributed by atoms with E-state index in [1.165, 1.54) is 25.3 Å². The summed E-state index contributed by atoms with van der Waals surface area (Å²) in [4.78, 5) is 51.7. The lowest BCUT2D eigenvalue weighted by molar-refractivity contribution is -0.141. The van der Waals surface area contributed by atoms with Crippen molar-refractivity contribution in [1.82, 2.24) is 14.9 Å². The average Bonchev–Trinajstić information content (AvgIpc) is 2.73. The molecule has 0 bridgehead atoms. The van der Waals surface area contributed by atoms with E-state index in [2.05, 4.69) is 10.3 Å². The Morgan fingerprint density at radius 3 is 2.50 bits per heavy atom. The number of rotatable bonds is 6. The van der Waals surface area contributed by atoms with Crippen molar-refractivity contribution in [1.29, 1.82) is 0 Å². The summed E-state index contributed by atoms with van der Waals surface area (Å²) < 4.78 is 5.80. The maximum Gasteiger partial charge on any atom is 0.328 e. The fraction of sp³-hybridized carbons (Fsp3) is 0.238. The number of nitrogens with one attached hydrogen (secondary N) is 2. The standard InChI is InChI=1S/C21H20ClN3O5/c1-3-25-20(28)15-9-6-13(10-17(15)24-21(25)29)19(27)23-16(11-18(26)30-2)12-4-7-14(22)8-5-12/h4-10,16H,3,11H2,1-2H3,(H,23,27)(H,24,29). The summed E-state index contributed by atoms with van der Waals surface area (Å²) in [5.41, 5.74) is 0.206. The second-order valence-corrected chi connectivity index (χ2v) is 7.03. The van der Waals surface area contributed by atoms with Crippen molar-refractivity contribution in [3.05, 3.63) is 79.5 Å². The number of H-pyrrole nitrogens is 1. The van der Waals surface area contributed by atoms with Gasteiger partial charge in [-0.2, -0.15) is 0 Å². The van der Waals surface area contributed by atoms with E-state index in [4.69, 9.17) is 16.3 Å². The van der Waals surface area contributed by atoms with E-state index in [0.717, 1.165) is 4.57 Å². The van der Waals surface area contributed by atoms with Crippen LogP contribution in [0.15, 0.2) is 52.1 Å². The molecule has 30 heavy (non-hydrogen) atoms. The van der Waals surface area contributed by atoms with Gasteiger partial charge in [-0.05, 0) is 42.8 Å². The number of aromatic amines is 1. The lowest BCUT2D eigenvalue weighted by Crippen LogP contribution is -2.34. The van der Waals surface area contributed by atoms with Gasteiger partial charge in [0, 0.05) is 17.1 Å². The van der Waals surface area contributed by atoms with Crippen LogP contribution in [0.25, 0.3) is 10.9 Å². The molecule has 0 fully saturated rings. The molecule has 9 heteroatoms. The van der Waals surface area contributed by atoms with E-state index in [9.17, 15) is 19.2 Å². The number of carbonyl (C=O) groups is 2. The van der Waals surface area contributed by atoms with Crippen LogP contribution in [-0.4, -0.2) is 28.5 Å². The van der Waals surface area contributed by atoms with E-state index in [1.807, 2.05) is 0 Å². The molecule has 0 aliphatic heterocycles. The molecule has 0 saturated carbocycles. The van der Waals surface area contributed by atoms with Crippen LogP contribution in [0.1, 0.15) is 35.3 Å². The molecule has 3 rings (SSSR count). The predicted molar refractivity (Wildman–Crippen MR) is 113 cm³/mol. The van der Waals surface area contributed by atoms with Crippen molar-refractivity contribution in [3.63, 3.8) is 0 Å². The van der Waals surface area contributed by atoms with Gasteiger partial charge in [0.05, 0.1) is 30.5 Å². The van der Waals surface area contributed by atoms with Crippen LogP contribution in [0.4, 0.5) is 0 Å². The third-order valence-corrected chi connectivity index (χ3v) is 4.99. The molecule has 156 valence electrons. The van der Waals surface area contributed by atoms with E-state index >= 15 is 0 Å². The van der Waals surface area contributed by atoms with Gasteiger partial charge in [-0.15, -0.1) is 0 Å². The number of nitrogens with zero attached hydrogens (tertiary/aromatic N) is 1. The fourth-order valence-corrected chi connectivity index (χ4v) is 3.25. The van der Waals surface area contributed by atoms with E-state index < -0.39 is 29.2 Å². The molecule has 8 nitrogen and oxygen atoms in total. The minimum Gasteiger partial charge on any atom is -0.469 e. The second-order valence-electron chi connectivity index (χ2n) is 6.60. The first kappa shape index (κ1) is 21.3. The molecule has 1 aromatic heterocycles. The Morgan fingerprint density at radius 1 is 1.17 bits per heavy atom. The number of aromatic nitrogens is 2. The molecular formula is C21H20ClN3O5. The number of benzene rings is 2. The molecule has 3 aromatic rings. The monoisotopic (exact) mass is 429 g/mol. The van der Waals surface area contributed by atoms with Crippen LogP contribution in [-0.2, 0) is 16.1 Å². The molecule has 1 unspecified atom stereocenters. The van der Waals surface area contributed by atoms with Crippen molar-refractivity contribution in [2.24, 2.45) is 0 Å². The van der Waals surface area contributed by atoms with Gasteiger partial charge in [0.1, 0.15) is 0 Å². The Morgan fingerprint density at radius 2 is 1.87 bits per heavy atom. The van der Waals surface area contributed by atoms with Gasteiger partial charge in [-0.3, -0.25) is 19.0 Å². The Bertz CT molecular complexity index is 1210. The lowest BCUT2D eigenvalue weighted by Gasteiger charge is -2.18. The van der Waals surface area contributed by atoms with E-state index in [1.54, 1.807) is 31.2 Å². The molecule has 0 aliphatic carbocycles. The third kappa shape index (κ3) is 4.44. The summed E-state index contributed by atoms with van der Waals surface area (Å²) in [6.45, 7) is 1.94. The first-order chi connectivity index (χ1) is 14.3. The normalized spacial score (nSPS) is 11.8. The van der Waals surface area contributed by atoms with Crippen molar-refractivity contribution < 1.29 is 14.3 Å². The van der Waals surface area contributed by atoms with E-state index in [0.29, 0.717) is 16.0 Å². The Hall–Kier alpha value is -3.39. The quantitative estimate of drug-likeness (QED) is 0.584. The van der Waals surface area contributed by atoms with Gasteiger partial charge in [-0.25, -0.2) is 4.79 Å². The molecule has 0 radical (unpaired) electrons. The fourth-order valence-electron chi connectivity index (χ4n) is 3.12. The molecule has 2 N–H and O–H groups in total. The Kier molecular flexibility index (Phi) is 6.37. The number of carbonyl (C=O) groups excluding carboxylic acids is 2. The van der Waals surface area contributed by atoms with Crippen LogP contribution < -0.4 is 16.6 Å². The highest BCUT2D eigenvalue weighted by Crippen LogP contribution is 2.21. The summed E-state index contributed by atoms with van der Waals surface area (Å²) in [6, 6.07) is 10.5. The number of hydrogen-bond acceptors (Lipinski definition) is 5. The van der Waals surface area contributed by atoms with Gasteiger partial charge >= 0.3 is 11.7 Å². The summed E-state index contributed by atoms with van der Waals surface area (Å²) in [5.74, 6) is -0.959. The zero-order chi connectivity index (χ0) is 21.8. The van der Waals surface area contributed by atoms with Gasteiger partial charge in [0.2, 0.25) is 0 Å². The van der Waals surface area contributed by atoms with Crippen molar-refractivity contribution >= 4 is 34.4 Å². The maximum absolute atomic E-state index is 12.8. The number of amides is 1. The second kappa shape index (κ2) is 8.96. The molecule has 0 saturated heterocycles. The van der Waals surface area contributed by atoms with Crippen LogP contribution in [0.2, 0.25) is 5.02 Å². The zero-order valence-electron chi connectivity index (χ0n) is 16.4. The van der Waals surface area contributed by atoms with Crippen LogP contribution in [0, 0.1) is 0 Å². The summed E-state index contributed by atoms with van der Waals surface area (Å²) >= 11 is 5.92. The van der Waals surface area contributed by atoms with Crippen molar-refractivity contribution in [3.8, 4) is 0 Å². The van der Waals surface area contributed by atoms with E-state index in [-0.39, 0.29) is 24.0 Å². The lowest BCUT2D eigenvalue weighted by atomic mass is 10.0. The third-order valence-electron chi connectivity index (χ3n) is 4.74. The Balaban J connectivity index is 1.94. The SMILES string of the molecule is CCn1c(=O)[nH]c2cc(C(=O)NC(CC(=O)OC)c3ccc(Cl)cc3)ccc2c1=O. The van der Waals surface area contributed by atoms with Crippen LogP contribution in [0.3, 0.4) is 0 Å². The highest BCUT2D eigenvalue weighted by atomic mass is 35.5. The van der Waals surface area contributed by atoms with Crippen LogP contribution >= 0.6 is 11.6 Å². The first-order valence-electron chi connectivity index (χ1n) is 9.24. The number of halogens is 1. The average molecular weight is 430 g/mol. The smallest absolute Gasteiger partial charge is 0.328 e. The maximum atomic E-state index is 12.8. The number of esters is 1. The molecule has 2 aromatic carbocycles. The molecule has 1 heterocycles. The number of hydrogen-bond donors (Lipinski definition) is 2. The summed E-state index contributed by atoms with van der Waals surface area (Å²) in [5, 5.41) is 3.62. The van der Waals surface area contributed by atoms with Gasteiger partial charge in [0.15, 0.2) is 0 Å². The number of methoxy groups -OCH3 is 1. The highest BCUT2D eigenvalue weighted by Gasteiger charge is 2.20. The molecule has 1 amide bonds. The minimum absolute atomic E-state index is 0.0739. The van der Waals surface area contributed by atoms with Crippen molar-refractivity contribution in [2.75, 3.05) is 7.11 Å². The van der Waals surface area contributed by atoms with Crippen LogP contribution in [0.5, 0.6) is 0 Å². The summed E-state index contributed by atoms with van der Waals surface area (Å²) in [7, 11) is 1.27. The number of ether oxygens (including phenoxy) is 1. The molecular weight excluding hydrogens is 410 g/mol. The summed E-state index contributed by atoms with van der Waals surface area (Å²) in [6.07, 6.45) is -0.0739. The largest absolute Gasteiger partial charge is 0.469 e. The van der Waals surface area contributed by atoms with Gasteiger partial charge in [0.25, 0.3) is 11.5 Å². The topological polar surface area (TPSA) is 110 Å². The minimum atomic E-state index is -0.648. The zero-order valence-corrected chi connectivity index (χ0v) is 17.2. The molecule has 1 atom stereocenters. The Labute approximate surface area is 176 Å². The van der Waals surface area contributed by atoms with Crippen molar-refractivity contribution in [2.45, 2.75) is 25.9 Å². The number of fused-ring (bicyclic) bond motifs is 1. The predicted octanol–water partition coefficient (Wildman–Crippen LogP) is 2.40. The van der Waals surface area contributed by atoms with Gasteiger partial charge in [-0.1, -0.05) is 23.7 Å². The van der Waals surface area contributed by atoms with Gasteiger partial charge < -0.3 is 15.0 Å².